The number of aromatic nitrogens is 2. The summed E-state index contributed by atoms with van der Waals surface area (Å²) in [7, 11) is 1.38. The van der Waals surface area contributed by atoms with E-state index >= 15 is 0 Å². The highest BCUT2D eigenvalue weighted by Gasteiger charge is 2.47. The van der Waals surface area contributed by atoms with Crippen LogP contribution in [0.1, 0.15) is 56.5 Å². The van der Waals surface area contributed by atoms with Crippen molar-refractivity contribution >= 4 is 11.6 Å². The van der Waals surface area contributed by atoms with Gasteiger partial charge in [0, 0.05) is 17.3 Å². The number of imidazole rings is 1. The first-order valence-electron chi connectivity index (χ1n) is 11.4. The number of benzene rings is 1. The fourth-order valence-corrected chi connectivity index (χ4v) is 4.23. The average molecular weight is 483 g/mol. The second kappa shape index (κ2) is 8.84. The van der Waals surface area contributed by atoms with Crippen molar-refractivity contribution < 1.29 is 23.0 Å². The van der Waals surface area contributed by atoms with Gasteiger partial charge >= 0.3 is 6.61 Å². The van der Waals surface area contributed by atoms with Gasteiger partial charge in [-0.25, -0.2) is 4.98 Å². The lowest BCUT2D eigenvalue weighted by molar-refractivity contribution is -0.0502. The summed E-state index contributed by atoms with van der Waals surface area (Å²) < 4.78 is 38.7. The zero-order valence-electron chi connectivity index (χ0n) is 20.4. The van der Waals surface area contributed by atoms with Crippen LogP contribution in [0.25, 0.3) is 16.9 Å². The third kappa shape index (κ3) is 4.53. The molecule has 0 saturated heterocycles. The van der Waals surface area contributed by atoms with Gasteiger partial charge in [-0.3, -0.25) is 9.20 Å². The molecule has 1 aliphatic carbocycles. The molecule has 184 valence electrons. The van der Waals surface area contributed by atoms with E-state index in [1.807, 2.05) is 39.8 Å². The molecule has 0 unspecified atom stereocenters. The molecule has 35 heavy (non-hydrogen) atoms. The van der Waals surface area contributed by atoms with E-state index in [-0.39, 0.29) is 28.5 Å². The molecular weight excluding hydrogens is 454 g/mol. The van der Waals surface area contributed by atoms with Crippen molar-refractivity contribution in [3.63, 3.8) is 0 Å². The van der Waals surface area contributed by atoms with Crippen LogP contribution in [0.5, 0.6) is 11.5 Å². The number of carbonyl (C=O) groups is 1. The Labute approximate surface area is 202 Å². The Hall–Kier alpha value is -3.67. The average Bonchev–Trinajstić information content (AvgIpc) is 3.47. The van der Waals surface area contributed by atoms with E-state index in [4.69, 9.17) is 9.47 Å². The molecular formula is C26H28F2N4O3. The molecule has 9 heteroatoms. The number of fused-ring (bicyclic) bond motifs is 1. The number of nitrogens with one attached hydrogen (secondary N) is 1. The first-order chi connectivity index (χ1) is 16.5. The maximum atomic E-state index is 13.4. The number of carbonyl (C=O) groups excluding carboxylic acids is 1. The van der Waals surface area contributed by atoms with E-state index in [2.05, 4.69) is 16.4 Å². The van der Waals surface area contributed by atoms with Crippen molar-refractivity contribution in [2.75, 3.05) is 7.11 Å². The quantitative estimate of drug-likeness (QED) is 0.469. The molecule has 7 nitrogen and oxygen atoms in total. The lowest BCUT2D eigenvalue weighted by Crippen LogP contribution is -2.41. The van der Waals surface area contributed by atoms with Crippen molar-refractivity contribution in [2.45, 2.75) is 58.1 Å². The number of nitriles is 1. The summed E-state index contributed by atoms with van der Waals surface area (Å²) in [4.78, 5) is 17.6. The molecule has 2 aromatic heterocycles. The van der Waals surface area contributed by atoms with Gasteiger partial charge < -0.3 is 14.8 Å². The summed E-state index contributed by atoms with van der Waals surface area (Å²) in [5.41, 5.74) is 1.35. The Morgan fingerprint density at radius 1 is 1.26 bits per heavy atom. The third-order valence-corrected chi connectivity index (χ3v) is 6.80. The van der Waals surface area contributed by atoms with E-state index in [1.54, 1.807) is 22.9 Å². The molecule has 1 fully saturated rings. The molecule has 4 rings (SSSR count). The molecule has 1 aliphatic rings. The van der Waals surface area contributed by atoms with Crippen LogP contribution in [-0.2, 0) is 5.41 Å². The maximum absolute atomic E-state index is 13.4. The van der Waals surface area contributed by atoms with Crippen LogP contribution < -0.4 is 14.8 Å². The minimum absolute atomic E-state index is 0.0737. The normalized spacial score (nSPS) is 14.7. The van der Waals surface area contributed by atoms with E-state index in [1.165, 1.54) is 13.2 Å². The molecule has 0 aliphatic heterocycles. The largest absolute Gasteiger partial charge is 0.496 e. The Balaban J connectivity index is 1.80. The molecule has 3 aromatic rings. The van der Waals surface area contributed by atoms with E-state index < -0.39 is 17.9 Å². The third-order valence-electron chi connectivity index (χ3n) is 6.80. The number of nitrogens with zero attached hydrogens (tertiary/aromatic N) is 3. The van der Waals surface area contributed by atoms with Gasteiger partial charge in [0.2, 0.25) is 0 Å². The lowest BCUT2D eigenvalue weighted by atomic mass is 9.87. The number of hydrogen-bond acceptors (Lipinski definition) is 5. The van der Waals surface area contributed by atoms with Crippen LogP contribution >= 0.6 is 0 Å². The van der Waals surface area contributed by atoms with Crippen LogP contribution in [-0.4, -0.2) is 34.6 Å². The fourth-order valence-electron chi connectivity index (χ4n) is 4.23. The number of amides is 1. The highest BCUT2D eigenvalue weighted by molar-refractivity contribution is 6.01. The summed E-state index contributed by atoms with van der Waals surface area (Å²) in [6.45, 7) is 4.53. The van der Waals surface area contributed by atoms with E-state index in [0.29, 0.717) is 16.9 Å². The predicted molar refractivity (Wildman–Crippen MR) is 127 cm³/mol. The highest BCUT2D eigenvalue weighted by atomic mass is 19.3. The van der Waals surface area contributed by atoms with E-state index in [9.17, 15) is 18.8 Å². The van der Waals surface area contributed by atoms with Gasteiger partial charge in [-0.15, -0.1) is 0 Å². The highest BCUT2D eigenvalue weighted by Crippen LogP contribution is 2.44. The van der Waals surface area contributed by atoms with Crippen LogP contribution in [0, 0.1) is 17.2 Å². The Bertz CT molecular complexity index is 1320. The summed E-state index contributed by atoms with van der Waals surface area (Å²) in [5, 5.41) is 12.4. The summed E-state index contributed by atoms with van der Waals surface area (Å²) in [5.74, 6) is -0.474. The first-order valence-corrected chi connectivity index (χ1v) is 11.4. The predicted octanol–water partition coefficient (Wildman–Crippen LogP) is 5.33. The van der Waals surface area contributed by atoms with Gasteiger partial charge in [-0.1, -0.05) is 13.8 Å². The van der Waals surface area contributed by atoms with Crippen LogP contribution in [0.4, 0.5) is 8.78 Å². The molecule has 2 heterocycles. The molecule has 0 bridgehead atoms. The minimum atomic E-state index is -3.13. The number of rotatable bonds is 8. The Morgan fingerprint density at radius 3 is 2.51 bits per heavy atom. The summed E-state index contributed by atoms with van der Waals surface area (Å²) in [6.07, 6.45) is 5.02. The van der Waals surface area contributed by atoms with Crippen LogP contribution in [0.15, 0.2) is 36.7 Å². The van der Waals surface area contributed by atoms with Crippen molar-refractivity contribution in [2.24, 2.45) is 5.92 Å². The number of hydrogen-bond donors (Lipinski definition) is 1. The maximum Gasteiger partial charge on any atom is 0.387 e. The number of ether oxygens (including phenoxy) is 2. The minimum Gasteiger partial charge on any atom is -0.496 e. The topological polar surface area (TPSA) is 88.7 Å². The van der Waals surface area contributed by atoms with Crippen LogP contribution in [0.3, 0.4) is 0 Å². The monoisotopic (exact) mass is 482 g/mol. The molecule has 0 radical (unpaired) electrons. The SMILES string of the molecule is COc1cc(-c2cnc3cc(C(C)(C)C#N)ccn23)cc(OC(F)F)c1C(=O)NC1(C(C)C)CC1. The molecule has 1 N–H and O–H groups in total. The van der Waals surface area contributed by atoms with Gasteiger partial charge in [0.25, 0.3) is 5.91 Å². The van der Waals surface area contributed by atoms with Crippen molar-refractivity contribution in [3.05, 3.63) is 47.8 Å². The number of halogens is 2. The zero-order chi connectivity index (χ0) is 25.5. The number of alkyl halides is 2. The molecule has 0 spiro atoms. The lowest BCUT2D eigenvalue weighted by Gasteiger charge is -2.23. The number of methoxy groups -OCH3 is 1. The van der Waals surface area contributed by atoms with Gasteiger partial charge in [0.15, 0.2) is 0 Å². The van der Waals surface area contributed by atoms with Gasteiger partial charge in [0.1, 0.15) is 22.7 Å². The smallest absolute Gasteiger partial charge is 0.387 e. The van der Waals surface area contributed by atoms with Crippen molar-refractivity contribution in [3.8, 4) is 28.8 Å². The summed E-state index contributed by atoms with van der Waals surface area (Å²) >= 11 is 0. The molecule has 1 saturated carbocycles. The van der Waals surface area contributed by atoms with E-state index in [0.717, 1.165) is 18.4 Å². The standard InChI is InChI=1S/C26H28F2N4O3/c1-15(2)26(7-8-26)31-23(33)22-19(34-5)10-16(11-20(22)35-24(27)28)18-13-30-21-12-17(6-9-32(18)21)25(3,4)14-29/h6,9-13,15,24H,7-8H2,1-5H3,(H,31,33). The Morgan fingerprint density at radius 2 is 1.94 bits per heavy atom. The van der Waals surface area contributed by atoms with Crippen molar-refractivity contribution in [1.29, 1.82) is 5.26 Å². The second-order valence-corrected chi connectivity index (χ2v) is 9.72. The first kappa shape index (κ1) is 24.5. The number of pyridine rings is 1. The van der Waals surface area contributed by atoms with Gasteiger partial charge in [0.05, 0.1) is 30.5 Å². The second-order valence-electron chi connectivity index (χ2n) is 9.72. The van der Waals surface area contributed by atoms with Gasteiger partial charge in [-0.2, -0.15) is 14.0 Å². The Kier molecular flexibility index (Phi) is 6.18. The van der Waals surface area contributed by atoms with Crippen LogP contribution in [0.2, 0.25) is 0 Å². The molecule has 1 amide bonds. The molecule has 1 aromatic carbocycles. The van der Waals surface area contributed by atoms with Crippen molar-refractivity contribution in [1.82, 2.24) is 14.7 Å². The molecule has 0 atom stereocenters. The summed E-state index contributed by atoms with van der Waals surface area (Å²) in [6, 6.07) is 8.90. The fraction of sp³-hybridized carbons (Fsp3) is 0.423. The zero-order valence-corrected chi connectivity index (χ0v) is 20.4. The van der Waals surface area contributed by atoms with Gasteiger partial charge in [-0.05, 0) is 62.4 Å².